The van der Waals surface area contributed by atoms with Gasteiger partial charge in [-0.1, -0.05) is 12.1 Å². The smallest absolute Gasteiger partial charge is 0.250 e. The van der Waals surface area contributed by atoms with E-state index in [-0.39, 0.29) is 17.1 Å². The van der Waals surface area contributed by atoms with E-state index in [4.69, 9.17) is 4.74 Å². The molecule has 1 saturated carbocycles. The summed E-state index contributed by atoms with van der Waals surface area (Å²) < 4.78 is 5.15. The Morgan fingerprint density at radius 2 is 2.11 bits per heavy atom. The van der Waals surface area contributed by atoms with Gasteiger partial charge in [-0.15, -0.1) is 0 Å². The Hall–Kier alpha value is -3.08. The average Bonchev–Trinajstić information content (AvgIpc) is 3.08. The molecule has 5 heteroatoms. The van der Waals surface area contributed by atoms with Crippen molar-refractivity contribution in [2.24, 2.45) is 5.92 Å². The number of aryl methyl sites for hydroxylation is 1. The van der Waals surface area contributed by atoms with E-state index < -0.39 is 0 Å². The zero-order valence-corrected chi connectivity index (χ0v) is 15.3. The van der Waals surface area contributed by atoms with Crippen LogP contribution >= 0.6 is 0 Å². The van der Waals surface area contributed by atoms with Crippen molar-refractivity contribution in [2.45, 2.75) is 18.8 Å². The number of allylic oxidation sites excluding steroid dienone is 2. The predicted molar refractivity (Wildman–Crippen MR) is 101 cm³/mol. The van der Waals surface area contributed by atoms with Crippen LogP contribution in [0.25, 0.3) is 6.08 Å². The Morgan fingerprint density at radius 1 is 1.33 bits per heavy atom. The Labute approximate surface area is 157 Å². The van der Waals surface area contributed by atoms with Crippen molar-refractivity contribution >= 4 is 17.8 Å². The summed E-state index contributed by atoms with van der Waals surface area (Å²) in [5, 5.41) is 0. The van der Waals surface area contributed by atoms with Gasteiger partial charge in [0, 0.05) is 35.5 Å². The number of likely N-dealkylation sites (tertiary alicyclic amines) is 1. The summed E-state index contributed by atoms with van der Waals surface area (Å²) in [5.41, 5.74) is 4.42. The number of benzene rings is 1. The van der Waals surface area contributed by atoms with Gasteiger partial charge < -0.3 is 14.6 Å². The topological polar surface area (TPSA) is 62.4 Å². The number of rotatable bonds is 3. The predicted octanol–water partition coefficient (Wildman–Crippen LogP) is 3.23. The number of carbonyl (C=O) groups is 2. The van der Waals surface area contributed by atoms with Gasteiger partial charge in [0.1, 0.15) is 5.75 Å². The standard InChI is InChI=1S/C22H20N2O3/c1-13-9-17-21(23-13)18(25)10-19-22(17)11-15(22)12-24(19)20(26)8-5-14-3-6-16(27-2)7-4-14/h3-10,15,23H,11-12H2,1-2H3/b8-5+/t15-,22-/m1/s1. The molecule has 3 aliphatic rings. The van der Waals surface area contributed by atoms with Crippen molar-refractivity contribution in [3.8, 4) is 5.75 Å². The number of nitrogens with one attached hydrogen (secondary N) is 1. The molecule has 0 radical (unpaired) electrons. The molecular weight excluding hydrogens is 340 g/mol. The molecule has 2 heterocycles. The summed E-state index contributed by atoms with van der Waals surface area (Å²) in [4.78, 5) is 30.3. The van der Waals surface area contributed by atoms with Crippen LogP contribution in [-0.4, -0.2) is 35.2 Å². The van der Waals surface area contributed by atoms with Crippen LogP contribution in [0, 0.1) is 12.8 Å². The minimum atomic E-state index is -0.141. The number of piperidine rings is 1. The quantitative estimate of drug-likeness (QED) is 0.855. The highest BCUT2D eigenvalue weighted by atomic mass is 16.5. The fraction of sp³-hybridized carbons (Fsp3) is 0.273. The number of hydrogen-bond donors (Lipinski definition) is 1. The maximum absolute atomic E-state index is 12.8. The third kappa shape index (κ3) is 2.24. The van der Waals surface area contributed by atoms with Crippen LogP contribution in [0.4, 0.5) is 0 Å². The second-order valence-corrected chi connectivity index (χ2v) is 7.56. The van der Waals surface area contributed by atoms with Crippen molar-refractivity contribution < 1.29 is 14.3 Å². The first-order chi connectivity index (χ1) is 13.0. The van der Waals surface area contributed by atoms with Gasteiger partial charge in [0.05, 0.1) is 12.8 Å². The third-order valence-corrected chi connectivity index (χ3v) is 6.00. The minimum Gasteiger partial charge on any atom is -0.497 e. The van der Waals surface area contributed by atoms with E-state index in [0.29, 0.717) is 18.2 Å². The van der Waals surface area contributed by atoms with Gasteiger partial charge >= 0.3 is 0 Å². The van der Waals surface area contributed by atoms with Gasteiger partial charge in [0.15, 0.2) is 0 Å². The molecule has 1 aromatic carbocycles. The molecule has 5 nitrogen and oxygen atoms in total. The molecule has 2 fully saturated rings. The van der Waals surface area contributed by atoms with Crippen LogP contribution in [0.1, 0.15) is 33.7 Å². The average molecular weight is 360 g/mol. The number of hydrogen-bond acceptors (Lipinski definition) is 3. The van der Waals surface area contributed by atoms with Crippen molar-refractivity contribution in [2.75, 3.05) is 13.7 Å². The van der Waals surface area contributed by atoms with E-state index in [1.165, 1.54) is 0 Å². The Bertz CT molecular complexity index is 1030. The molecule has 1 spiro atoms. The molecule has 1 amide bonds. The summed E-state index contributed by atoms with van der Waals surface area (Å²) in [5.74, 6) is 1.07. The molecule has 2 aromatic rings. The molecule has 136 valence electrons. The first-order valence-corrected chi connectivity index (χ1v) is 9.13. The SMILES string of the molecule is COc1ccc(/C=C/C(=O)N2C[C@H]3C[C@@]34C2=CC(=O)c2[nH]c(C)cc24)cc1. The first-order valence-electron chi connectivity index (χ1n) is 9.13. The van der Waals surface area contributed by atoms with Crippen LogP contribution in [0.2, 0.25) is 0 Å². The molecule has 1 saturated heterocycles. The van der Waals surface area contributed by atoms with E-state index in [9.17, 15) is 9.59 Å². The molecule has 0 unspecified atom stereocenters. The maximum atomic E-state index is 12.8. The van der Waals surface area contributed by atoms with Gasteiger partial charge in [0.25, 0.3) is 5.91 Å². The molecule has 1 aliphatic heterocycles. The highest BCUT2D eigenvalue weighted by Crippen LogP contribution is 2.66. The second kappa shape index (κ2) is 5.46. The number of methoxy groups -OCH3 is 1. The lowest BCUT2D eigenvalue weighted by Crippen LogP contribution is -2.32. The number of aromatic amines is 1. The summed E-state index contributed by atoms with van der Waals surface area (Å²) in [7, 11) is 1.62. The molecule has 5 rings (SSSR count). The molecule has 27 heavy (non-hydrogen) atoms. The van der Waals surface area contributed by atoms with Crippen molar-refractivity contribution in [1.29, 1.82) is 0 Å². The normalized spacial score (nSPS) is 25.1. The highest BCUT2D eigenvalue weighted by molar-refractivity contribution is 6.08. The van der Waals surface area contributed by atoms with Crippen molar-refractivity contribution in [3.63, 3.8) is 0 Å². The van der Waals surface area contributed by atoms with E-state index in [1.807, 2.05) is 31.2 Å². The van der Waals surface area contributed by atoms with E-state index in [1.54, 1.807) is 30.2 Å². The number of ether oxygens (including phenoxy) is 1. The van der Waals surface area contributed by atoms with Crippen molar-refractivity contribution in [3.05, 3.63) is 70.7 Å². The lowest BCUT2D eigenvalue weighted by atomic mass is 9.85. The molecule has 2 atom stereocenters. The van der Waals surface area contributed by atoms with Crippen LogP contribution in [0.5, 0.6) is 5.75 Å². The second-order valence-electron chi connectivity index (χ2n) is 7.56. The first kappa shape index (κ1) is 16.1. The van der Waals surface area contributed by atoms with Gasteiger partial charge in [-0.3, -0.25) is 9.59 Å². The fourth-order valence-corrected chi connectivity index (χ4v) is 4.61. The number of aromatic nitrogens is 1. The Kier molecular flexibility index (Phi) is 3.26. The number of amides is 1. The number of nitrogens with zero attached hydrogens (tertiary/aromatic N) is 1. The molecule has 2 aliphatic carbocycles. The third-order valence-electron chi connectivity index (χ3n) is 6.00. The maximum Gasteiger partial charge on any atom is 0.250 e. The lowest BCUT2D eigenvalue weighted by Gasteiger charge is -2.27. The summed E-state index contributed by atoms with van der Waals surface area (Å²) in [6.45, 7) is 2.64. The van der Waals surface area contributed by atoms with Crippen molar-refractivity contribution in [1.82, 2.24) is 9.88 Å². The van der Waals surface area contributed by atoms with E-state index in [2.05, 4.69) is 11.1 Å². The number of carbonyl (C=O) groups excluding carboxylic acids is 2. The zero-order chi connectivity index (χ0) is 18.8. The molecule has 1 N–H and O–H groups in total. The van der Waals surface area contributed by atoms with E-state index in [0.717, 1.165) is 34.7 Å². The molecular formula is C22H20N2O3. The number of ketones is 1. The molecule has 1 aromatic heterocycles. The lowest BCUT2D eigenvalue weighted by molar-refractivity contribution is -0.123. The number of H-pyrrole nitrogens is 1. The highest BCUT2D eigenvalue weighted by Gasteiger charge is 2.67. The Balaban J connectivity index is 1.42. The molecule has 0 bridgehead atoms. The largest absolute Gasteiger partial charge is 0.497 e. The van der Waals surface area contributed by atoms with Gasteiger partial charge in [0.2, 0.25) is 5.78 Å². The number of fused-ring (bicyclic) bond motifs is 1. The van der Waals surface area contributed by atoms with Gasteiger partial charge in [-0.25, -0.2) is 0 Å². The van der Waals surface area contributed by atoms with Gasteiger partial charge in [-0.05, 0) is 54.7 Å². The van der Waals surface area contributed by atoms with Crippen LogP contribution < -0.4 is 4.74 Å². The van der Waals surface area contributed by atoms with Gasteiger partial charge in [-0.2, -0.15) is 0 Å². The Morgan fingerprint density at radius 3 is 2.85 bits per heavy atom. The summed E-state index contributed by atoms with van der Waals surface area (Å²) in [6, 6.07) is 9.61. The summed E-state index contributed by atoms with van der Waals surface area (Å²) >= 11 is 0. The monoisotopic (exact) mass is 360 g/mol. The summed E-state index contributed by atoms with van der Waals surface area (Å²) in [6.07, 6.45) is 6.06. The van der Waals surface area contributed by atoms with Crippen LogP contribution in [0.3, 0.4) is 0 Å². The van der Waals surface area contributed by atoms with E-state index >= 15 is 0 Å². The zero-order valence-electron chi connectivity index (χ0n) is 15.3. The van der Waals surface area contributed by atoms with Crippen LogP contribution in [-0.2, 0) is 10.2 Å². The fourth-order valence-electron chi connectivity index (χ4n) is 4.61. The minimum absolute atomic E-state index is 0.0387. The van der Waals surface area contributed by atoms with Crippen LogP contribution in [0.15, 0.2) is 48.2 Å².